The molecule has 1 aliphatic rings. The van der Waals surface area contributed by atoms with Crippen LogP contribution >= 0.6 is 23.2 Å². The number of aryl methyl sites for hydroxylation is 1. The van der Waals surface area contributed by atoms with Gasteiger partial charge in [-0.05, 0) is 61.9 Å². The van der Waals surface area contributed by atoms with Crippen LogP contribution in [0.4, 0.5) is 0 Å². The molecular weight excluding hydrogens is 423 g/mol. The summed E-state index contributed by atoms with van der Waals surface area (Å²) in [6.45, 7) is 3.64. The number of halogens is 2. The topological polar surface area (TPSA) is 52.6 Å². The first-order valence-corrected chi connectivity index (χ1v) is 9.91. The fraction of sp³-hybridized carbons (Fsp3) is 0.0833. The van der Waals surface area contributed by atoms with Crippen LogP contribution in [-0.4, -0.2) is 11.8 Å². The molecule has 0 amide bonds. The molecule has 1 heterocycles. The molecule has 150 valence electrons. The Morgan fingerprint density at radius 3 is 2.57 bits per heavy atom. The van der Waals surface area contributed by atoms with E-state index in [2.05, 4.69) is 0 Å². The van der Waals surface area contributed by atoms with Crippen LogP contribution in [0, 0.1) is 13.8 Å². The summed E-state index contributed by atoms with van der Waals surface area (Å²) in [6.07, 6.45) is 1.57. The molecule has 1 aliphatic heterocycles. The molecule has 0 N–H and O–H groups in total. The molecule has 4 rings (SSSR count). The number of ether oxygens (including phenoxy) is 2. The molecule has 0 fully saturated rings. The largest absolute Gasteiger partial charge is 0.452 e. The molecule has 0 bridgehead atoms. The molecule has 0 radical (unpaired) electrons. The summed E-state index contributed by atoms with van der Waals surface area (Å²) in [5.74, 6) is 0.0923. The van der Waals surface area contributed by atoms with E-state index >= 15 is 0 Å². The van der Waals surface area contributed by atoms with Gasteiger partial charge in [-0.15, -0.1) is 0 Å². The Balaban J connectivity index is 1.63. The van der Waals surface area contributed by atoms with Gasteiger partial charge in [-0.25, -0.2) is 4.79 Å². The van der Waals surface area contributed by atoms with Crippen molar-refractivity contribution in [2.45, 2.75) is 13.8 Å². The van der Waals surface area contributed by atoms with E-state index in [0.29, 0.717) is 43.8 Å². The maximum absolute atomic E-state index is 12.8. The molecule has 0 aromatic heterocycles. The van der Waals surface area contributed by atoms with Gasteiger partial charge in [0.25, 0.3) is 0 Å². The van der Waals surface area contributed by atoms with Crippen molar-refractivity contribution in [3.05, 3.63) is 98.2 Å². The Bertz CT molecular complexity index is 1230. The number of esters is 1. The van der Waals surface area contributed by atoms with Crippen LogP contribution in [0.25, 0.3) is 6.08 Å². The van der Waals surface area contributed by atoms with Crippen LogP contribution < -0.4 is 9.47 Å². The third-order valence-electron chi connectivity index (χ3n) is 4.74. The Labute approximate surface area is 183 Å². The van der Waals surface area contributed by atoms with Crippen LogP contribution in [0.3, 0.4) is 0 Å². The molecule has 0 unspecified atom stereocenters. The van der Waals surface area contributed by atoms with Gasteiger partial charge in [0.05, 0.1) is 11.1 Å². The second-order valence-corrected chi connectivity index (χ2v) is 7.77. The molecule has 0 aliphatic carbocycles. The van der Waals surface area contributed by atoms with Crippen LogP contribution in [0.5, 0.6) is 11.5 Å². The molecule has 0 spiro atoms. The Kier molecular flexibility index (Phi) is 5.37. The van der Waals surface area contributed by atoms with Crippen molar-refractivity contribution >= 4 is 41.0 Å². The number of allylic oxidation sites excluding steroid dienone is 1. The lowest BCUT2D eigenvalue weighted by Crippen LogP contribution is -2.09. The summed E-state index contributed by atoms with van der Waals surface area (Å²) in [7, 11) is 0. The number of benzene rings is 3. The van der Waals surface area contributed by atoms with Gasteiger partial charge in [0, 0.05) is 15.6 Å². The molecule has 3 aromatic rings. The molecular formula is C24H16Cl2O4. The van der Waals surface area contributed by atoms with E-state index in [9.17, 15) is 9.59 Å². The zero-order valence-electron chi connectivity index (χ0n) is 16.2. The summed E-state index contributed by atoms with van der Waals surface area (Å²) in [5, 5.41) is 0.909. The fourth-order valence-electron chi connectivity index (χ4n) is 3.17. The van der Waals surface area contributed by atoms with Crippen molar-refractivity contribution in [2.75, 3.05) is 0 Å². The highest BCUT2D eigenvalue weighted by molar-refractivity contribution is 6.35. The van der Waals surface area contributed by atoms with Crippen molar-refractivity contribution in [2.24, 2.45) is 0 Å². The standard InChI is InChI=1S/C24H16Cl2O4/c1-13-4-3-5-16(10-13)24(28)30-20-9-8-18-22(27)21(29-23(18)14(20)2)11-15-6-7-17(25)12-19(15)26/h3-12H,1-2H3/b21-11-. The average Bonchev–Trinajstić information content (AvgIpc) is 3.02. The average molecular weight is 439 g/mol. The highest BCUT2D eigenvalue weighted by atomic mass is 35.5. The summed E-state index contributed by atoms with van der Waals surface area (Å²) in [5.41, 5.74) is 2.98. The highest BCUT2D eigenvalue weighted by Crippen LogP contribution is 2.40. The zero-order chi connectivity index (χ0) is 21.4. The van der Waals surface area contributed by atoms with Crippen molar-refractivity contribution < 1.29 is 19.1 Å². The number of carbonyl (C=O) groups excluding carboxylic acids is 2. The number of hydrogen-bond acceptors (Lipinski definition) is 4. The quantitative estimate of drug-likeness (QED) is 0.268. The van der Waals surface area contributed by atoms with E-state index in [0.717, 1.165) is 5.56 Å². The summed E-state index contributed by atoms with van der Waals surface area (Å²) < 4.78 is 11.4. The summed E-state index contributed by atoms with van der Waals surface area (Å²) in [4.78, 5) is 25.2. The molecule has 30 heavy (non-hydrogen) atoms. The zero-order valence-corrected chi connectivity index (χ0v) is 17.7. The van der Waals surface area contributed by atoms with Gasteiger partial charge >= 0.3 is 5.97 Å². The van der Waals surface area contributed by atoms with Gasteiger partial charge in [-0.3, -0.25) is 4.79 Å². The van der Waals surface area contributed by atoms with Crippen molar-refractivity contribution in [1.29, 1.82) is 0 Å². The lowest BCUT2D eigenvalue weighted by Gasteiger charge is -2.10. The van der Waals surface area contributed by atoms with Crippen molar-refractivity contribution in [1.82, 2.24) is 0 Å². The predicted octanol–water partition coefficient (Wildman–Crippen LogP) is 6.45. The van der Waals surface area contributed by atoms with E-state index in [1.165, 1.54) is 0 Å². The normalized spacial score (nSPS) is 13.9. The van der Waals surface area contributed by atoms with E-state index in [-0.39, 0.29) is 11.5 Å². The Morgan fingerprint density at radius 1 is 1.03 bits per heavy atom. The Morgan fingerprint density at radius 2 is 1.83 bits per heavy atom. The molecule has 6 heteroatoms. The number of ketones is 1. The maximum Gasteiger partial charge on any atom is 0.343 e. The van der Waals surface area contributed by atoms with E-state index in [1.54, 1.807) is 61.5 Å². The minimum absolute atomic E-state index is 0.138. The number of hydrogen-bond donors (Lipinski definition) is 0. The van der Waals surface area contributed by atoms with Gasteiger partial charge in [0.1, 0.15) is 11.5 Å². The first-order chi connectivity index (χ1) is 14.3. The number of carbonyl (C=O) groups is 2. The van der Waals surface area contributed by atoms with Crippen molar-refractivity contribution in [3.8, 4) is 11.5 Å². The summed E-state index contributed by atoms with van der Waals surface area (Å²) >= 11 is 12.1. The first-order valence-electron chi connectivity index (χ1n) is 9.15. The number of fused-ring (bicyclic) bond motifs is 1. The minimum Gasteiger partial charge on any atom is -0.452 e. The van der Waals surface area contributed by atoms with Crippen LogP contribution in [0.15, 0.2) is 60.4 Å². The maximum atomic E-state index is 12.8. The number of rotatable bonds is 3. The smallest absolute Gasteiger partial charge is 0.343 e. The minimum atomic E-state index is -0.477. The van der Waals surface area contributed by atoms with Crippen LogP contribution in [0.2, 0.25) is 10.0 Å². The van der Waals surface area contributed by atoms with Gasteiger partial charge < -0.3 is 9.47 Å². The van der Waals surface area contributed by atoms with Gasteiger partial charge in [0.2, 0.25) is 5.78 Å². The fourth-order valence-corrected chi connectivity index (χ4v) is 3.63. The van der Waals surface area contributed by atoms with E-state index in [1.807, 2.05) is 13.0 Å². The monoisotopic (exact) mass is 438 g/mol. The lowest BCUT2D eigenvalue weighted by molar-refractivity contribution is 0.0733. The van der Waals surface area contributed by atoms with Gasteiger partial charge in [0.15, 0.2) is 5.76 Å². The molecule has 4 nitrogen and oxygen atoms in total. The summed E-state index contributed by atoms with van der Waals surface area (Å²) in [6, 6.07) is 15.3. The van der Waals surface area contributed by atoms with Crippen LogP contribution in [-0.2, 0) is 0 Å². The Hall–Kier alpha value is -3.08. The van der Waals surface area contributed by atoms with E-state index in [4.69, 9.17) is 32.7 Å². The molecule has 0 atom stereocenters. The third-order valence-corrected chi connectivity index (χ3v) is 5.30. The highest BCUT2D eigenvalue weighted by Gasteiger charge is 2.30. The second-order valence-electron chi connectivity index (χ2n) is 6.93. The first kappa shape index (κ1) is 20.2. The lowest BCUT2D eigenvalue weighted by atomic mass is 10.1. The third kappa shape index (κ3) is 3.84. The van der Waals surface area contributed by atoms with E-state index < -0.39 is 5.97 Å². The SMILES string of the molecule is Cc1cccc(C(=O)Oc2ccc3c(c2C)O/C(=C\c2ccc(Cl)cc2Cl)C3=O)c1. The second kappa shape index (κ2) is 7.98. The predicted molar refractivity (Wildman–Crippen MR) is 117 cm³/mol. The number of Topliss-reactive ketones (excluding diaryl/α,β-unsaturated/α-hetero) is 1. The van der Waals surface area contributed by atoms with Crippen LogP contribution in [0.1, 0.15) is 37.4 Å². The molecule has 0 saturated heterocycles. The van der Waals surface area contributed by atoms with Gasteiger partial charge in [-0.2, -0.15) is 0 Å². The van der Waals surface area contributed by atoms with Crippen molar-refractivity contribution in [3.63, 3.8) is 0 Å². The van der Waals surface area contributed by atoms with Gasteiger partial charge in [-0.1, -0.05) is 47.0 Å². The molecule has 3 aromatic carbocycles. The molecule has 0 saturated carbocycles.